The van der Waals surface area contributed by atoms with Crippen molar-refractivity contribution in [3.05, 3.63) is 59.2 Å². The maximum atomic E-state index is 15.4. The number of fused-ring (bicyclic) bond motifs is 1. The van der Waals surface area contributed by atoms with Crippen molar-refractivity contribution in [1.82, 2.24) is 30.5 Å². The van der Waals surface area contributed by atoms with Crippen molar-refractivity contribution in [2.75, 3.05) is 36.1 Å². The molecule has 0 radical (unpaired) electrons. The Bertz CT molecular complexity index is 1840. The lowest BCUT2D eigenvalue weighted by Crippen LogP contribution is -2.54. The van der Waals surface area contributed by atoms with Gasteiger partial charge in [-0.05, 0) is 50.5 Å². The summed E-state index contributed by atoms with van der Waals surface area (Å²) in [7, 11) is 0. The van der Waals surface area contributed by atoms with Gasteiger partial charge in [-0.3, -0.25) is 29.4 Å². The number of carbonyl (C=O) groups is 4. The highest BCUT2D eigenvalue weighted by atomic mass is 32.2. The molecule has 0 bridgehead atoms. The van der Waals surface area contributed by atoms with Crippen molar-refractivity contribution in [1.29, 1.82) is 0 Å². The number of amides is 4. The van der Waals surface area contributed by atoms with E-state index in [2.05, 4.69) is 30.5 Å². The fraction of sp³-hybridized carbons (Fsp3) is 0.406. The van der Waals surface area contributed by atoms with Gasteiger partial charge in [-0.2, -0.15) is 0 Å². The van der Waals surface area contributed by atoms with Gasteiger partial charge >= 0.3 is 0 Å². The molecule has 1 aromatic carbocycles. The molecule has 14 nitrogen and oxygen atoms in total. The monoisotopic (exact) mass is 675 g/mol. The van der Waals surface area contributed by atoms with Crippen LogP contribution in [0.3, 0.4) is 0 Å². The van der Waals surface area contributed by atoms with Crippen LogP contribution in [0.25, 0.3) is 0 Å². The van der Waals surface area contributed by atoms with Crippen LogP contribution in [0.1, 0.15) is 58.9 Å². The maximum absolute atomic E-state index is 15.4. The minimum absolute atomic E-state index is 0.00462. The summed E-state index contributed by atoms with van der Waals surface area (Å²) in [5.41, 5.74) is 12.0. The molecule has 16 heteroatoms. The zero-order chi connectivity index (χ0) is 33.7. The number of anilines is 3. The summed E-state index contributed by atoms with van der Waals surface area (Å²) in [6, 6.07) is 4.79. The molecule has 250 valence electrons. The predicted molar refractivity (Wildman–Crippen MR) is 172 cm³/mol. The standard InChI is InChI=1S/C32H34FN9O5S/c1-16-26(37-13-17-10-19-20(12-21(17)33)31(46)42(30(19)45)22-2-3-25(43)40-28(22)44)32(15-47-16)5-8-41(9-6-32)24-14-38-29(27(35)39-24)48-18-4-7-36-23(34)11-18/h4,7,10-12,14,16,22,26,37H,2-3,5-6,8-9,13,15H2,1H3,(H2,34,36)(H2,35,39)(H,40,43,44)/t16-,22?,26+/m0/s1. The van der Waals surface area contributed by atoms with Gasteiger partial charge in [0, 0.05) is 54.2 Å². The largest absolute Gasteiger partial charge is 0.384 e. The summed E-state index contributed by atoms with van der Waals surface area (Å²) in [5, 5.41) is 6.24. The van der Waals surface area contributed by atoms with Crippen molar-refractivity contribution in [3.63, 3.8) is 0 Å². The Kier molecular flexibility index (Phi) is 8.25. The minimum atomic E-state index is -1.12. The second-order valence-corrected chi connectivity index (χ2v) is 13.7. The van der Waals surface area contributed by atoms with Gasteiger partial charge in [0.05, 0.1) is 30.0 Å². The number of imide groups is 2. The SMILES string of the molecule is C[C@@H]1OCC2(CCN(c3cnc(Sc4ccnc(N)c4)c(N)n3)CC2)[C@@H]1NCc1cc2c(cc1F)C(=O)N(C1CCC(=O)NC1=O)C2=O. The molecule has 48 heavy (non-hydrogen) atoms. The summed E-state index contributed by atoms with van der Waals surface area (Å²) < 4.78 is 21.5. The van der Waals surface area contributed by atoms with Gasteiger partial charge in [0.25, 0.3) is 11.8 Å². The number of nitrogen functional groups attached to an aromatic ring is 2. The first kappa shape index (κ1) is 31.9. The van der Waals surface area contributed by atoms with Gasteiger partial charge in [0.1, 0.15) is 28.5 Å². The van der Waals surface area contributed by atoms with E-state index in [-0.39, 0.29) is 53.6 Å². The predicted octanol–water partition coefficient (Wildman–Crippen LogP) is 1.89. The Morgan fingerprint density at radius 2 is 1.85 bits per heavy atom. The topological polar surface area (TPSA) is 199 Å². The Balaban J connectivity index is 1.01. The van der Waals surface area contributed by atoms with Crippen LogP contribution in [0.4, 0.5) is 21.8 Å². The molecule has 3 fully saturated rings. The average Bonchev–Trinajstić information content (AvgIpc) is 3.48. The van der Waals surface area contributed by atoms with E-state index in [4.69, 9.17) is 16.2 Å². The van der Waals surface area contributed by atoms with Crippen LogP contribution in [0, 0.1) is 11.2 Å². The van der Waals surface area contributed by atoms with E-state index in [1.165, 1.54) is 17.8 Å². The van der Waals surface area contributed by atoms with Crippen LogP contribution in [0.5, 0.6) is 0 Å². The molecular formula is C32H34FN9O5S. The lowest BCUT2D eigenvalue weighted by Gasteiger charge is -2.43. The number of ether oxygens (including phenoxy) is 1. The van der Waals surface area contributed by atoms with Crippen molar-refractivity contribution in [2.24, 2.45) is 5.41 Å². The first-order valence-corrected chi connectivity index (χ1v) is 16.5. The Labute approximate surface area is 279 Å². The zero-order valence-electron chi connectivity index (χ0n) is 26.1. The van der Waals surface area contributed by atoms with Gasteiger partial charge in [-0.15, -0.1) is 0 Å². The van der Waals surface area contributed by atoms with Crippen LogP contribution in [-0.4, -0.2) is 81.4 Å². The normalized spacial score (nSPS) is 23.6. The summed E-state index contributed by atoms with van der Waals surface area (Å²) in [6.07, 6.45) is 4.79. The zero-order valence-corrected chi connectivity index (χ0v) is 26.9. The summed E-state index contributed by atoms with van der Waals surface area (Å²) in [5.74, 6) is -1.82. The molecule has 4 aliphatic heterocycles. The van der Waals surface area contributed by atoms with Gasteiger partial charge in [-0.1, -0.05) is 11.8 Å². The molecule has 0 aliphatic carbocycles. The van der Waals surface area contributed by atoms with Crippen LogP contribution in [0.15, 0.2) is 46.6 Å². The number of carbonyl (C=O) groups excluding carboxylic acids is 4. The number of nitrogens with zero attached hydrogens (tertiary/aromatic N) is 5. The molecule has 6 N–H and O–H groups in total. The van der Waals surface area contributed by atoms with Crippen LogP contribution in [0.2, 0.25) is 0 Å². The highest BCUT2D eigenvalue weighted by Gasteiger charge is 2.50. The second kappa shape index (κ2) is 12.4. The first-order valence-electron chi connectivity index (χ1n) is 15.7. The second-order valence-electron chi connectivity index (χ2n) is 12.6. The molecule has 1 spiro atoms. The molecular weight excluding hydrogens is 641 g/mol. The molecule has 4 aliphatic rings. The summed E-state index contributed by atoms with van der Waals surface area (Å²) >= 11 is 1.36. The number of hydrogen-bond donors (Lipinski definition) is 4. The van der Waals surface area contributed by atoms with Crippen LogP contribution in [-0.2, 0) is 20.9 Å². The molecule has 1 unspecified atom stereocenters. The fourth-order valence-corrected chi connectivity index (χ4v) is 7.90. The molecule has 6 heterocycles. The number of aromatic nitrogens is 3. The number of nitrogens with one attached hydrogen (secondary N) is 2. The summed E-state index contributed by atoms with van der Waals surface area (Å²) in [4.78, 5) is 67.4. The Morgan fingerprint density at radius 1 is 1.10 bits per heavy atom. The third kappa shape index (κ3) is 5.73. The number of piperidine rings is 2. The van der Waals surface area contributed by atoms with E-state index in [0.717, 1.165) is 28.7 Å². The van der Waals surface area contributed by atoms with Gasteiger partial charge < -0.3 is 26.4 Å². The Hall–Kier alpha value is -4.67. The number of halogens is 1. The molecule has 3 aromatic rings. The van der Waals surface area contributed by atoms with Gasteiger partial charge in [-0.25, -0.2) is 19.3 Å². The van der Waals surface area contributed by atoms with E-state index < -0.39 is 35.5 Å². The van der Waals surface area contributed by atoms with E-state index in [1.807, 2.05) is 13.0 Å². The molecule has 0 saturated carbocycles. The third-order valence-electron chi connectivity index (χ3n) is 9.68. The summed E-state index contributed by atoms with van der Waals surface area (Å²) in [6.45, 7) is 4.01. The van der Waals surface area contributed by atoms with Crippen LogP contribution >= 0.6 is 11.8 Å². The highest BCUT2D eigenvalue weighted by Crippen LogP contribution is 2.43. The average molecular weight is 676 g/mol. The third-order valence-corrected chi connectivity index (χ3v) is 10.7. The number of hydrogen-bond acceptors (Lipinski definition) is 13. The Morgan fingerprint density at radius 3 is 2.56 bits per heavy atom. The maximum Gasteiger partial charge on any atom is 0.262 e. The van der Waals surface area contributed by atoms with E-state index in [9.17, 15) is 19.2 Å². The lowest BCUT2D eigenvalue weighted by atomic mass is 9.73. The lowest BCUT2D eigenvalue weighted by molar-refractivity contribution is -0.136. The highest BCUT2D eigenvalue weighted by molar-refractivity contribution is 7.99. The molecule has 3 atom stereocenters. The van der Waals surface area contributed by atoms with Crippen molar-refractivity contribution in [3.8, 4) is 0 Å². The first-order chi connectivity index (χ1) is 23.0. The van der Waals surface area contributed by atoms with E-state index >= 15 is 4.39 Å². The van der Waals surface area contributed by atoms with Crippen molar-refractivity contribution in [2.45, 2.75) is 67.3 Å². The fourth-order valence-electron chi connectivity index (χ4n) is 7.11. The molecule has 3 saturated heterocycles. The number of pyridine rings is 1. The van der Waals surface area contributed by atoms with Crippen LogP contribution < -0.4 is 27.0 Å². The van der Waals surface area contributed by atoms with E-state index in [0.29, 0.717) is 42.2 Å². The molecule has 4 amide bonds. The van der Waals surface area contributed by atoms with Crippen molar-refractivity contribution >= 4 is 52.8 Å². The minimum Gasteiger partial charge on any atom is -0.384 e. The van der Waals surface area contributed by atoms with Crippen molar-refractivity contribution < 1.29 is 28.3 Å². The molecule has 7 rings (SSSR count). The quantitative estimate of drug-likeness (QED) is 0.265. The number of benzene rings is 1. The van der Waals surface area contributed by atoms with Gasteiger partial charge in [0.15, 0.2) is 5.82 Å². The van der Waals surface area contributed by atoms with E-state index in [1.54, 1.807) is 18.5 Å². The number of rotatable bonds is 7. The smallest absolute Gasteiger partial charge is 0.262 e. The number of nitrogens with two attached hydrogens (primary N) is 2. The van der Waals surface area contributed by atoms with Gasteiger partial charge in [0.2, 0.25) is 11.8 Å². The molecule has 2 aromatic heterocycles.